The highest BCUT2D eigenvalue weighted by Gasteiger charge is 2.30. The molecule has 0 saturated heterocycles. The lowest BCUT2D eigenvalue weighted by molar-refractivity contribution is -0.137. The predicted molar refractivity (Wildman–Crippen MR) is 75.4 cm³/mol. The van der Waals surface area contributed by atoms with Crippen molar-refractivity contribution in [3.63, 3.8) is 0 Å². The first kappa shape index (κ1) is 16.2. The first-order valence-corrected chi connectivity index (χ1v) is 6.92. The van der Waals surface area contributed by atoms with Gasteiger partial charge in [-0.1, -0.05) is 23.2 Å². The van der Waals surface area contributed by atoms with E-state index in [1.807, 2.05) is 0 Å². The summed E-state index contributed by atoms with van der Waals surface area (Å²) in [7, 11) is 0. The second-order valence-corrected chi connectivity index (χ2v) is 5.56. The van der Waals surface area contributed by atoms with Crippen LogP contribution < -0.4 is 11.3 Å². The molecule has 0 amide bonds. The Hall–Kier alpha value is -1.22. The smallest absolute Gasteiger partial charge is 0.307 e. The summed E-state index contributed by atoms with van der Waals surface area (Å²) in [4.78, 5) is 7.78. The van der Waals surface area contributed by atoms with Gasteiger partial charge >= 0.3 is 6.18 Å². The van der Waals surface area contributed by atoms with Crippen LogP contribution in [0, 0.1) is 0 Å². The Balaban J connectivity index is 2.26. The molecular formula is C11H7Cl2F3N4S. The second kappa shape index (κ2) is 6.27. The Kier molecular flexibility index (Phi) is 4.82. The number of pyridine rings is 2. The van der Waals surface area contributed by atoms with Gasteiger partial charge in [-0.05, 0) is 30.0 Å². The number of hydrogen-bond acceptors (Lipinski definition) is 5. The van der Waals surface area contributed by atoms with E-state index in [-0.39, 0.29) is 15.9 Å². The van der Waals surface area contributed by atoms with Crippen LogP contribution in [-0.4, -0.2) is 9.97 Å². The van der Waals surface area contributed by atoms with Crippen LogP contribution in [0.1, 0.15) is 5.56 Å². The predicted octanol–water partition coefficient (Wildman–Crippen LogP) is 4.24. The lowest BCUT2D eigenvalue weighted by Gasteiger charge is -2.09. The van der Waals surface area contributed by atoms with Crippen molar-refractivity contribution in [1.82, 2.24) is 9.97 Å². The number of nitrogens with one attached hydrogen (secondary N) is 1. The van der Waals surface area contributed by atoms with Gasteiger partial charge in [-0.25, -0.2) is 15.8 Å². The monoisotopic (exact) mass is 354 g/mol. The molecule has 10 heteroatoms. The van der Waals surface area contributed by atoms with Crippen molar-refractivity contribution < 1.29 is 13.2 Å². The summed E-state index contributed by atoms with van der Waals surface area (Å²) in [6.07, 6.45) is -3.68. The number of anilines is 1. The van der Waals surface area contributed by atoms with Crippen molar-refractivity contribution >= 4 is 40.8 Å². The lowest BCUT2D eigenvalue weighted by atomic mass is 10.3. The standard InChI is InChI=1S/C11H7Cl2F3N4S/c12-6-3-7(13)10(19-9(6)20-17)21-8-2-1-5(4-18-8)11(14,15)16/h1-4H,17H2,(H,19,20). The normalized spacial score (nSPS) is 11.5. The fourth-order valence-corrected chi connectivity index (χ4v) is 2.59. The number of nitrogens with zero attached hydrogens (tertiary/aromatic N) is 2. The van der Waals surface area contributed by atoms with Crippen LogP contribution in [0.4, 0.5) is 19.0 Å². The summed E-state index contributed by atoms with van der Waals surface area (Å²) in [5.74, 6) is 5.44. The molecule has 112 valence electrons. The second-order valence-electron chi connectivity index (χ2n) is 3.74. The van der Waals surface area contributed by atoms with Gasteiger partial charge in [-0.15, -0.1) is 0 Å². The van der Waals surface area contributed by atoms with Crippen LogP contribution in [0.25, 0.3) is 0 Å². The Morgan fingerprint density at radius 3 is 2.43 bits per heavy atom. The van der Waals surface area contributed by atoms with Gasteiger partial charge in [0.15, 0.2) is 5.82 Å². The van der Waals surface area contributed by atoms with E-state index in [4.69, 9.17) is 29.0 Å². The largest absolute Gasteiger partial charge is 0.417 e. The highest BCUT2D eigenvalue weighted by atomic mass is 35.5. The maximum atomic E-state index is 12.4. The molecule has 0 aliphatic carbocycles. The highest BCUT2D eigenvalue weighted by Crippen LogP contribution is 2.36. The minimum Gasteiger partial charge on any atom is -0.307 e. The average Bonchev–Trinajstić information content (AvgIpc) is 2.41. The first-order valence-electron chi connectivity index (χ1n) is 5.35. The van der Waals surface area contributed by atoms with Crippen molar-refractivity contribution in [3.8, 4) is 0 Å². The molecule has 0 fully saturated rings. The van der Waals surface area contributed by atoms with E-state index in [9.17, 15) is 13.2 Å². The Bertz CT molecular complexity index is 649. The van der Waals surface area contributed by atoms with Gasteiger partial charge in [0, 0.05) is 6.20 Å². The summed E-state index contributed by atoms with van der Waals surface area (Å²) < 4.78 is 37.3. The number of hydrazine groups is 1. The summed E-state index contributed by atoms with van der Waals surface area (Å²) in [5.41, 5.74) is 1.47. The summed E-state index contributed by atoms with van der Waals surface area (Å²) >= 11 is 12.8. The highest BCUT2D eigenvalue weighted by molar-refractivity contribution is 7.99. The van der Waals surface area contributed by atoms with E-state index in [1.165, 1.54) is 12.1 Å². The number of rotatable bonds is 3. The van der Waals surface area contributed by atoms with E-state index in [0.717, 1.165) is 24.0 Å². The molecule has 0 radical (unpaired) electrons. The summed E-state index contributed by atoms with van der Waals surface area (Å²) in [6, 6.07) is 3.59. The molecule has 2 rings (SSSR count). The molecule has 0 unspecified atom stereocenters. The van der Waals surface area contributed by atoms with Crippen LogP contribution in [0.5, 0.6) is 0 Å². The van der Waals surface area contributed by atoms with E-state index in [0.29, 0.717) is 10.1 Å². The van der Waals surface area contributed by atoms with Crippen molar-refractivity contribution in [2.75, 3.05) is 5.43 Å². The Morgan fingerprint density at radius 1 is 1.19 bits per heavy atom. The molecule has 0 bridgehead atoms. The molecular weight excluding hydrogens is 348 g/mol. The molecule has 0 aliphatic rings. The third-order valence-corrected chi connectivity index (χ3v) is 3.94. The summed E-state index contributed by atoms with van der Waals surface area (Å²) in [6.45, 7) is 0. The van der Waals surface area contributed by atoms with Crippen molar-refractivity contribution in [2.24, 2.45) is 5.84 Å². The molecule has 3 N–H and O–H groups in total. The quantitative estimate of drug-likeness (QED) is 0.637. The number of nitrogens with two attached hydrogens (primary N) is 1. The van der Waals surface area contributed by atoms with Crippen LogP contribution in [-0.2, 0) is 6.18 Å². The molecule has 0 spiro atoms. The molecule has 0 aromatic carbocycles. The third-order valence-electron chi connectivity index (χ3n) is 2.30. The van der Waals surface area contributed by atoms with Gasteiger partial charge in [0.25, 0.3) is 0 Å². The third kappa shape index (κ3) is 3.91. The van der Waals surface area contributed by atoms with Crippen LogP contribution in [0.3, 0.4) is 0 Å². The zero-order valence-electron chi connectivity index (χ0n) is 10.1. The SMILES string of the molecule is NNc1nc(Sc2ccc(C(F)(F)F)cn2)c(Cl)cc1Cl. The molecule has 21 heavy (non-hydrogen) atoms. The van der Waals surface area contributed by atoms with Crippen molar-refractivity contribution in [3.05, 3.63) is 40.0 Å². The van der Waals surface area contributed by atoms with Crippen LogP contribution in [0.2, 0.25) is 10.0 Å². The van der Waals surface area contributed by atoms with Gasteiger partial charge in [-0.3, -0.25) is 0 Å². The van der Waals surface area contributed by atoms with Gasteiger partial charge in [0.1, 0.15) is 10.1 Å². The van der Waals surface area contributed by atoms with E-state index in [1.54, 1.807) is 0 Å². The molecule has 0 saturated carbocycles. The Morgan fingerprint density at radius 2 is 1.90 bits per heavy atom. The van der Waals surface area contributed by atoms with Gasteiger partial charge in [-0.2, -0.15) is 13.2 Å². The zero-order valence-corrected chi connectivity index (χ0v) is 12.4. The van der Waals surface area contributed by atoms with Gasteiger partial charge < -0.3 is 5.43 Å². The van der Waals surface area contributed by atoms with Crippen molar-refractivity contribution in [1.29, 1.82) is 0 Å². The molecule has 2 aromatic rings. The van der Waals surface area contributed by atoms with Crippen molar-refractivity contribution in [2.45, 2.75) is 16.2 Å². The number of nitrogen functional groups attached to an aromatic ring is 1. The fourth-order valence-electron chi connectivity index (χ4n) is 1.33. The van der Waals surface area contributed by atoms with Gasteiger partial charge in [0.2, 0.25) is 0 Å². The van der Waals surface area contributed by atoms with E-state index in [2.05, 4.69) is 15.4 Å². The number of aromatic nitrogens is 2. The van der Waals surface area contributed by atoms with Gasteiger partial charge in [0.05, 0.1) is 15.6 Å². The summed E-state index contributed by atoms with van der Waals surface area (Å²) in [5, 5.41) is 1.10. The zero-order chi connectivity index (χ0) is 15.6. The molecule has 0 aliphatic heterocycles. The lowest BCUT2D eigenvalue weighted by Crippen LogP contribution is -2.09. The minimum atomic E-state index is -4.43. The molecule has 2 aromatic heterocycles. The molecule has 2 heterocycles. The Labute approximate surface area is 131 Å². The van der Waals surface area contributed by atoms with Crippen LogP contribution in [0.15, 0.2) is 34.4 Å². The first-order chi connectivity index (χ1) is 9.81. The number of alkyl halides is 3. The maximum Gasteiger partial charge on any atom is 0.417 e. The number of hydrogen-bond donors (Lipinski definition) is 2. The molecule has 4 nitrogen and oxygen atoms in total. The fraction of sp³-hybridized carbons (Fsp3) is 0.0909. The topological polar surface area (TPSA) is 63.8 Å². The number of halogens is 5. The van der Waals surface area contributed by atoms with E-state index < -0.39 is 11.7 Å². The van der Waals surface area contributed by atoms with Crippen LogP contribution >= 0.6 is 35.0 Å². The minimum absolute atomic E-state index is 0.204. The maximum absolute atomic E-state index is 12.4. The van der Waals surface area contributed by atoms with E-state index >= 15 is 0 Å². The average molecular weight is 355 g/mol. The molecule has 0 atom stereocenters.